The van der Waals surface area contributed by atoms with Gasteiger partial charge < -0.3 is 24.2 Å². The highest BCUT2D eigenvalue weighted by Crippen LogP contribution is 2.40. The minimum Gasteiger partial charge on any atom is -0.469 e. The zero-order chi connectivity index (χ0) is 24.4. The number of hydrogen-bond acceptors (Lipinski definition) is 6. The van der Waals surface area contributed by atoms with Crippen molar-refractivity contribution in [3.8, 4) is 11.8 Å². The average molecular weight is 491 g/mol. The lowest BCUT2D eigenvalue weighted by Gasteiger charge is -2.28. The average Bonchev–Trinajstić information content (AvgIpc) is 2.86. The van der Waals surface area contributed by atoms with Gasteiger partial charge in [-0.25, -0.2) is 9.97 Å². The van der Waals surface area contributed by atoms with Gasteiger partial charge in [0.1, 0.15) is 13.2 Å². The molecule has 0 saturated carbocycles. The summed E-state index contributed by atoms with van der Waals surface area (Å²) in [5, 5.41) is -0.00665. The molecule has 0 atom stereocenters. The number of rotatable bonds is 7. The zero-order valence-corrected chi connectivity index (χ0v) is 20.2. The van der Waals surface area contributed by atoms with Gasteiger partial charge in [-0.1, -0.05) is 60.7 Å². The summed E-state index contributed by atoms with van der Waals surface area (Å²) in [5.74, 6) is 0.434. The van der Waals surface area contributed by atoms with Crippen molar-refractivity contribution in [2.75, 3.05) is 13.6 Å². The van der Waals surface area contributed by atoms with E-state index in [4.69, 9.17) is 14.5 Å². The number of likely N-dealkylation sites (N-methyl/N-ethyl adjacent to an activating group) is 1. The summed E-state index contributed by atoms with van der Waals surface area (Å²) in [6.45, 7) is 1.72. The molecule has 4 aromatic rings. The maximum atomic E-state index is 12.3. The third-order valence-electron chi connectivity index (χ3n) is 6.02. The van der Waals surface area contributed by atoms with Gasteiger partial charge in [-0.05, 0) is 41.8 Å². The van der Waals surface area contributed by atoms with Crippen LogP contribution in [0.25, 0.3) is 11.0 Å². The standard InChI is InChI=1S/C26H26N3O5P/c1-29-13-12-20-21(15-29)23(35(30,31)32)14-22-24(20)28-26(34-17-19-10-6-3-7-11-19)25(27-22)33-16-18-8-4-2-5-9-18/h2-11,14H,12-13,15-17H2,1H3,(H2,30,31,32). The lowest BCUT2D eigenvalue weighted by Crippen LogP contribution is -2.31. The Kier molecular flexibility index (Phi) is 6.54. The van der Waals surface area contributed by atoms with Crippen LogP contribution in [0.1, 0.15) is 22.3 Å². The van der Waals surface area contributed by atoms with Gasteiger partial charge >= 0.3 is 7.60 Å². The number of benzene rings is 3. The first-order chi connectivity index (χ1) is 16.9. The first-order valence-corrected chi connectivity index (χ1v) is 12.9. The molecule has 0 spiro atoms. The van der Waals surface area contributed by atoms with Crippen LogP contribution in [0.4, 0.5) is 0 Å². The van der Waals surface area contributed by atoms with Crippen LogP contribution in [-0.4, -0.2) is 38.2 Å². The summed E-state index contributed by atoms with van der Waals surface area (Å²) in [5.41, 5.74) is 4.30. The lowest BCUT2D eigenvalue weighted by molar-refractivity contribution is 0.240. The van der Waals surface area contributed by atoms with Gasteiger partial charge in [0.25, 0.3) is 11.8 Å². The molecule has 0 fully saturated rings. The van der Waals surface area contributed by atoms with Gasteiger partial charge in [0.2, 0.25) is 0 Å². The number of fused-ring (bicyclic) bond motifs is 3. The molecular formula is C26H26N3O5P. The van der Waals surface area contributed by atoms with E-state index in [9.17, 15) is 14.4 Å². The van der Waals surface area contributed by atoms with E-state index in [0.717, 1.165) is 23.2 Å². The fraction of sp³-hybridized carbons (Fsp3) is 0.231. The Morgan fingerprint density at radius 2 is 1.46 bits per heavy atom. The molecule has 1 aliphatic rings. The van der Waals surface area contributed by atoms with E-state index in [1.54, 1.807) is 0 Å². The molecule has 1 aliphatic heterocycles. The number of aromatic nitrogens is 2. The van der Waals surface area contributed by atoms with Crippen molar-refractivity contribution in [3.63, 3.8) is 0 Å². The SMILES string of the molecule is CN1CCc2c(c(P(=O)(O)O)cc3nc(OCc4ccccc4)c(OCc4ccccc4)nc23)C1. The van der Waals surface area contributed by atoms with Crippen molar-refractivity contribution in [3.05, 3.63) is 89.0 Å². The molecule has 1 aromatic heterocycles. The van der Waals surface area contributed by atoms with Crippen LogP contribution < -0.4 is 14.8 Å². The maximum Gasteiger partial charge on any atom is 0.356 e. The van der Waals surface area contributed by atoms with Crippen molar-refractivity contribution < 1.29 is 23.8 Å². The van der Waals surface area contributed by atoms with E-state index < -0.39 is 7.60 Å². The summed E-state index contributed by atoms with van der Waals surface area (Å²) in [4.78, 5) is 31.6. The third-order valence-corrected chi connectivity index (χ3v) is 7.04. The molecule has 180 valence electrons. The lowest BCUT2D eigenvalue weighted by atomic mass is 9.98. The smallest absolute Gasteiger partial charge is 0.356 e. The highest BCUT2D eigenvalue weighted by Gasteiger charge is 2.30. The second-order valence-electron chi connectivity index (χ2n) is 8.63. The van der Waals surface area contributed by atoms with E-state index in [-0.39, 0.29) is 30.3 Å². The summed E-state index contributed by atoms with van der Waals surface area (Å²) in [6, 6.07) is 20.8. The molecule has 5 rings (SSSR count). The molecule has 35 heavy (non-hydrogen) atoms. The van der Waals surface area contributed by atoms with Crippen LogP contribution >= 0.6 is 7.60 Å². The van der Waals surface area contributed by atoms with E-state index in [2.05, 4.69) is 4.98 Å². The van der Waals surface area contributed by atoms with Crippen LogP contribution in [-0.2, 0) is 30.7 Å². The summed E-state index contributed by atoms with van der Waals surface area (Å²) in [7, 11) is -2.59. The fourth-order valence-corrected chi connectivity index (χ4v) is 5.10. The molecule has 0 unspecified atom stereocenters. The van der Waals surface area contributed by atoms with Crippen LogP contribution in [0.2, 0.25) is 0 Å². The summed E-state index contributed by atoms with van der Waals surface area (Å²) >= 11 is 0. The second-order valence-corrected chi connectivity index (χ2v) is 10.2. The van der Waals surface area contributed by atoms with Gasteiger partial charge in [-0.2, -0.15) is 0 Å². The zero-order valence-electron chi connectivity index (χ0n) is 19.3. The number of ether oxygens (including phenoxy) is 2. The first-order valence-electron chi connectivity index (χ1n) is 11.3. The van der Waals surface area contributed by atoms with Gasteiger partial charge in [0.05, 0.1) is 16.3 Å². The third kappa shape index (κ3) is 5.21. The topological polar surface area (TPSA) is 105 Å². The molecule has 8 nitrogen and oxygen atoms in total. The minimum absolute atomic E-state index is 0.00665. The van der Waals surface area contributed by atoms with Crippen molar-refractivity contribution in [2.24, 2.45) is 0 Å². The van der Waals surface area contributed by atoms with Gasteiger partial charge in [0, 0.05) is 13.1 Å². The Bertz CT molecular complexity index is 1390. The highest BCUT2D eigenvalue weighted by molar-refractivity contribution is 7.60. The Morgan fingerprint density at radius 1 is 0.886 bits per heavy atom. The molecule has 0 bridgehead atoms. The van der Waals surface area contributed by atoms with Crippen molar-refractivity contribution >= 4 is 23.9 Å². The Labute approximate surface area is 203 Å². The molecule has 2 N–H and O–H groups in total. The normalized spacial score (nSPS) is 14.0. The molecule has 0 saturated heterocycles. The van der Waals surface area contributed by atoms with Crippen molar-refractivity contribution in [2.45, 2.75) is 26.2 Å². The van der Waals surface area contributed by atoms with Gasteiger partial charge in [0.15, 0.2) is 0 Å². The molecule has 2 heterocycles. The first kappa shape index (κ1) is 23.5. The highest BCUT2D eigenvalue weighted by atomic mass is 31.2. The van der Waals surface area contributed by atoms with E-state index >= 15 is 0 Å². The quantitative estimate of drug-likeness (QED) is 0.378. The molecule has 0 amide bonds. The second kappa shape index (κ2) is 9.76. The maximum absolute atomic E-state index is 12.3. The van der Waals surface area contributed by atoms with Crippen molar-refractivity contribution in [1.82, 2.24) is 14.9 Å². The predicted molar refractivity (Wildman–Crippen MR) is 133 cm³/mol. The van der Waals surface area contributed by atoms with Crippen LogP contribution in [0.15, 0.2) is 66.7 Å². The van der Waals surface area contributed by atoms with E-state index in [1.165, 1.54) is 6.07 Å². The predicted octanol–water partition coefficient (Wildman–Crippen LogP) is 3.58. The number of hydrogen-bond donors (Lipinski definition) is 2. The van der Waals surface area contributed by atoms with E-state index in [1.807, 2.05) is 72.6 Å². The monoisotopic (exact) mass is 491 g/mol. The van der Waals surface area contributed by atoms with E-state index in [0.29, 0.717) is 29.6 Å². The largest absolute Gasteiger partial charge is 0.469 e. The summed E-state index contributed by atoms with van der Waals surface area (Å²) < 4.78 is 24.4. The van der Waals surface area contributed by atoms with Crippen LogP contribution in [0.5, 0.6) is 11.8 Å². The van der Waals surface area contributed by atoms with Gasteiger partial charge in [-0.15, -0.1) is 0 Å². The molecule has 3 aromatic carbocycles. The Morgan fingerprint density at radius 3 is 2.03 bits per heavy atom. The van der Waals surface area contributed by atoms with Crippen LogP contribution in [0.3, 0.4) is 0 Å². The van der Waals surface area contributed by atoms with Gasteiger partial charge in [-0.3, -0.25) is 4.57 Å². The molecule has 9 heteroatoms. The Hall–Kier alpha value is -3.29. The summed E-state index contributed by atoms with van der Waals surface area (Å²) in [6.07, 6.45) is 0.604. The molecule has 0 radical (unpaired) electrons. The van der Waals surface area contributed by atoms with Crippen LogP contribution in [0, 0.1) is 0 Å². The fourth-order valence-electron chi connectivity index (χ4n) is 4.25. The Balaban J connectivity index is 1.60. The molecule has 0 aliphatic carbocycles. The molecular weight excluding hydrogens is 465 g/mol. The minimum atomic E-state index is -4.52. The number of nitrogens with zero attached hydrogens (tertiary/aromatic N) is 3. The van der Waals surface area contributed by atoms with Crippen molar-refractivity contribution in [1.29, 1.82) is 0 Å².